The molecule has 3 nitrogen and oxygen atoms in total. The van der Waals surface area contributed by atoms with E-state index >= 15 is 0 Å². The van der Waals surface area contributed by atoms with Gasteiger partial charge < -0.3 is 9.84 Å². The Morgan fingerprint density at radius 2 is 2.25 bits per heavy atom. The molecule has 0 amide bonds. The summed E-state index contributed by atoms with van der Waals surface area (Å²) in [4.78, 5) is 10.6. The number of carboxylic acid groups (broad SMARTS) is 1. The first-order valence-electron chi connectivity index (χ1n) is 5.18. The van der Waals surface area contributed by atoms with Crippen molar-refractivity contribution in [2.75, 3.05) is 13.2 Å². The van der Waals surface area contributed by atoms with Crippen LogP contribution in [0.4, 0.5) is 0 Å². The largest absolute Gasteiger partial charge is 0.481 e. The van der Waals surface area contributed by atoms with Gasteiger partial charge in [0.1, 0.15) is 0 Å². The van der Waals surface area contributed by atoms with E-state index in [9.17, 15) is 4.79 Å². The molecule has 0 radical (unpaired) electrons. The summed E-state index contributed by atoms with van der Waals surface area (Å²) in [6, 6.07) is 8.02. The molecule has 1 fully saturated rings. The highest BCUT2D eigenvalue weighted by Crippen LogP contribution is 2.37. The Labute approximate surface area is 103 Å². The lowest BCUT2D eigenvalue weighted by Crippen LogP contribution is -2.47. The molecule has 0 aromatic heterocycles. The molecule has 1 aromatic rings. The molecule has 16 heavy (non-hydrogen) atoms. The van der Waals surface area contributed by atoms with Gasteiger partial charge in [0.2, 0.25) is 0 Å². The summed E-state index contributed by atoms with van der Waals surface area (Å²) in [6.45, 7) is 1.24. The van der Waals surface area contributed by atoms with Gasteiger partial charge in [-0.25, -0.2) is 0 Å². The van der Waals surface area contributed by atoms with Crippen LogP contribution in [-0.2, 0) is 14.9 Å². The van der Waals surface area contributed by atoms with E-state index in [0.29, 0.717) is 19.6 Å². The topological polar surface area (TPSA) is 46.5 Å². The second-order valence-electron chi connectivity index (χ2n) is 4.18. The molecule has 0 atom stereocenters. The van der Waals surface area contributed by atoms with Crippen molar-refractivity contribution >= 4 is 21.9 Å². The van der Waals surface area contributed by atoms with E-state index in [1.807, 2.05) is 24.3 Å². The number of carboxylic acids is 1. The Morgan fingerprint density at radius 3 is 2.75 bits per heavy atom. The van der Waals surface area contributed by atoms with Gasteiger partial charge in [0.05, 0.1) is 13.2 Å². The second kappa shape index (κ2) is 4.55. The van der Waals surface area contributed by atoms with Gasteiger partial charge >= 0.3 is 5.97 Å². The molecule has 86 valence electrons. The maximum atomic E-state index is 10.6. The molecule has 1 N–H and O–H groups in total. The van der Waals surface area contributed by atoms with Crippen LogP contribution in [0.5, 0.6) is 0 Å². The zero-order valence-corrected chi connectivity index (χ0v) is 10.4. The van der Waals surface area contributed by atoms with Crippen LogP contribution in [0.25, 0.3) is 0 Å². The number of hydrogen-bond acceptors (Lipinski definition) is 2. The van der Waals surface area contributed by atoms with Crippen molar-refractivity contribution in [3.05, 3.63) is 34.3 Å². The van der Waals surface area contributed by atoms with Crippen LogP contribution >= 0.6 is 15.9 Å². The predicted molar refractivity (Wildman–Crippen MR) is 63.5 cm³/mol. The lowest BCUT2D eigenvalue weighted by atomic mass is 9.75. The molecule has 2 rings (SSSR count). The fourth-order valence-electron chi connectivity index (χ4n) is 1.97. The normalized spacial score (nSPS) is 17.8. The van der Waals surface area contributed by atoms with Crippen LogP contribution in [0, 0.1) is 0 Å². The van der Waals surface area contributed by atoms with E-state index in [0.717, 1.165) is 10.0 Å². The smallest absolute Gasteiger partial charge is 0.303 e. The van der Waals surface area contributed by atoms with Crippen LogP contribution in [0.3, 0.4) is 0 Å². The van der Waals surface area contributed by atoms with Gasteiger partial charge in [-0.1, -0.05) is 28.1 Å². The third-order valence-corrected chi connectivity index (χ3v) is 3.50. The fourth-order valence-corrected chi connectivity index (χ4v) is 2.37. The number of ether oxygens (including phenoxy) is 1. The van der Waals surface area contributed by atoms with E-state index < -0.39 is 5.97 Å². The van der Waals surface area contributed by atoms with Crippen LogP contribution in [0.2, 0.25) is 0 Å². The van der Waals surface area contributed by atoms with Crippen molar-refractivity contribution in [3.8, 4) is 0 Å². The summed E-state index contributed by atoms with van der Waals surface area (Å²) < 4.78 is 6.28. The molecule has 0 spiro atoms. The molecule has 0 bridgehead atoms. The van der Waals surface area contributed by atoms with E-state index in [4.69, 9.17) is 9.84 Å². The molecular formula is C12H13BrO3. The maximum absolute atomic E-state index is 10.6. The SMILES string of the molecule is O=C(O)CCC1(c2cccc(Br)c2)COC1. The number of benzene rings is 1. The highest BCUT2D eigenvalue weighted by molar-refractivity contribution is 9.10. The first-order valence-corrected chi connectivity index (χ1v) is 5.97. The minimum atomic E-state index is -0.749. The summed E-state index contributed by atoms with van der Waals surface area (Å²) >= 11 is 3.43. The van der Waals surface area contributed by atoms with Crippen LogP contribution < -0.4 is 0 Å². The van der Waals surface area contributed by atoms with Gasteiger partial charge in [0.25, 0.3) is 0 Å². The molecular weight excluding hydrogens is 272 g/mol. The zero-order valence-electron chi connectivity index (χ0n) is 8.78. The Balaban J connectivity index is 2.17. The van der Waals surface area contributed by atoms with E-state index in [-0.39, 0.29) is 11.8 Å². The molecule has 4 heteroatoms. The monoisotopic (exact) mass is 284 g/mol. The third kappa shape index (κ3) is 2.28. The molecule has 0 saturated carbocycles. The van der Waals surface area contributed by atoms with Crippen LogP contribution in [0.1, 0.15) is 18.4 Å². The summed E-state index contributed by atoms with van der Waals surface area (Å²) in [5, 5.41) is 8.75. The summed E-state index contributed by atoms with van der Waals surface area (Å²) in [5.41, 5.74) is 1.07. The number of aliphatic carboxylic acids is 1. The first-order chi connectivity index (χ1) is 7.62. The van der Waals surface area contributed by atoms with E-state index in [1.165, 1.54) is 0 Å². The second-order valence-corrected chi connectivity index (χ2v) is 5.09. The lowest BCUT2D eigenvalue weighted by Gasteiger charge is -2.42. The Morgan fingerprint density at radius 1 is 1.50 bits per heavy atom. The molecule has 1 aliphatic heterocycles. The summed E-state index contributed by atoms with van der Waals surface area (Å²) in [5.74, 6) is -0.749. The Kier molecular flexibility index (Phi) is 3.30. The minimum absolute atomic E-state index is 0.0951. The average Bonchev–Trinajstić information content (AvgIpc) is 2.15. The highest BCUT2D eigenvalue weighted by atomic mass is 79.9. The van der Waals surface area contributed by atoms with E-state index in [1.54, 1.807) is 0 Å². The summed E-state index contributed by atoms with van der Waals surface area (Å²) in [6.07, 6.45) is 0.828. The fraction of sp³-hybridized carbons (Fsp3) is 0.417. The van der Waals surface area contributed by atoms with Gasteiger partial charge in [-0.05, 0) is 24.1 Å². The Bertz CT molecular complexity index is 399. The molecule has 1 saturated heterocycles. The summed E-state index contributed by atoms with van der Waals surface area (Å²) in [7, 11) is 0. The van der Waals surface area contributed by atoms with Crippen molar-refractivity contribution in [1.29, 1.82) is 0 Å². The third-order valence-electron chi connectivity index (χ3n) is 3.01. The van der Waals surface area contributed by atoms with Crippen molar-refractivity contribution in [2.45, 2.75) is 18.3 Å². The van der Waals surface area contributed by atoms with Crippen molar-refractivity contribution in [2.24, 2.45) is 0 Å². The Hall–Kier alpha value is -0.870. The lowest BCUT2D eigenvalue weighted by molar-refractivity contribution is -0.139. The highest BCUT2D eigenvalue weighted by Gasteiger charge is 2.40. The van der Waals surface area contributed by atoms with Crippen LogP contribution in [0.15, 0.2) is 28.7 Å². The average molecular weight is 285 g/mol. The zero-order chi connectivity index (χ0) is 11.6. The number of rotatable bonds is 4. The molecule has 1 aliphatic rings. The van der Waals surface area contributed by atoms with Gasteiger partial charge in [0, 0.05) is 16.3 Å². The van der Waals surface area contributed by atoms with Crippen LogP contribution in [-0.4, -0.2) is 24.3 Å². The number of halogens is 1. The quantitative estimate of drug-likeness (QED) is 0.925. The minimum Gasteiger partial charge on any atom is -0.481 e. The number of hydrogen-bond donors (Lipinski definition) is 1. The molecule has 1 heterocycles. The standard InChI is InChI=1S/C12H13BrO3/c13-10-3-1-2-9(6-10)12(7-16-8-12)5-4-11(14)15/h1-3,6H,4-5,7-8H2,(H,14,15). The van der Waals surface area contributed by atoms with Crippen molar-refractivity contribution < 1.29 is 14.6 Å². The maximum Gasteiger partial charge on any atom is 0.303 e. The molecule has 0 aliphatic carbocycles. The van der Waals surface area contributed by atoms with Gasteiger partial charge in [-0.3, -0.25) is 4.79 Å². The van der Waals surface area contributed by atoms with E-state index in [2.05, 4.69) is 15.9 Å². The van der Waals surface area contributed by atoms with Crippen molar-refractivity contribution in [1.82, 2.24) is 0 Å². The van der Waals surface area contributed by atoms with Gasteiger partial charge in [-0.15, -0.1) is 0 Å². The van der Waals surface area contributed by atoms with Gasteiger partial charge in [-0.2, -0.15) is 0 Å². The molecule has 1 aromatic carbocycles. The molecule has 0 unspecified atom stereocenters. The predicted octanol–water partition coefficient (Wildman–Crippen LogP) is 2.58. The van der Waals surface area contributed by atoms with Gasteiger partial charge in [0.15, 0.2) is 0 Å². The van der Waals surface area contributed by atoms with Crippen molar-refractivity contribution in [3.63, 3.8) is 0 Å². The number of carbonyl (C=O) groups is 1. The first kappa shape index (κ1) is 11.6.